The predicted molar refractivity (Wildman–Crippen MR) is 109 cm³/mol. The zero-order valence-corrected chi connectivity index (χ0v) is 15.7. The Labute approximate surface area is 161 Å². The second-order valence-corrected chi connectivity index (χ2v) is 7.93. The SMILES string of the molecule is O=C(Nc1ccc(-n2ccnc2)cc1)c1cc2sccc2n1C1CCCC1. The Morgan fingerprint density at radius 1 is 1.15 bits per heavy atom. The van der Waals surface area contributed by atoms with Gasteiger partial charge in [0.15, 0.2) is 0 Å². The molecule has 3 heterocycles. The van der Waals surface area contributed by atoms with E-state index in [1.165, 1.54) is 23.1 Å². The van der Waals surface area contributed by atoms with Crippen LogP contribution in [-0.4, -0.2) is 20.0 Å². The van der Waals surface area contributed by atoms with Crippen LogP contribution in [0.1, 0.15) is 42.2 Å². The minimum absolute atomic E-state index is 0.0410. The van der Waals surface area contributed by atoms with Crippen molar-refractivity contribution in [2.24, 2.45) is 0 Å². The lowest BCUT2D eigenvalue weighted by molar-refractivity contribution is 0.101. The maximum Gasteiger partial charge on any atom is 0.272 e. The van der Waals surface area contributed by atoms with Crippen LogP contribution in [0.4, 0.5) is 5.69 Å². The third kappa shape index (κ3) is 2.96. The lowest BCUT2D eigenvalue weighted by Gasteiger charge is -2.17. The Balaban J connectivity index is 1.42. The number of thiophene rings is 1. The molecule has 0 saturated heterocycles. The Kier molecular flexibility index (Phi) is 4.05. The Bertz CT molecular complexity index is 1070. The van der Waals surface area contributed by atoms with Gasteiger partial charge in [0.2, 0.25) is 0 Å². The summed E-state index contributed by atoms with van der Waals surface area (Å²) in [5.41, 5.74) is 3.77. The van der Waals surface area contributed by atoms with Crippen molar-refractivity contribution in [3.63, 3.8) is 0 Å². The molecule has 4 aromatic rings. The van der Waals surface area contributed by atoms with E-state index >= 15 is 0 Å². The molecule has 1 aromatic carbocycles. The topological polar surface area (TPSA) is 51.9 Å². The molecular formula is C21H20N4OS. The monoisotopic (exact) mass is 376 g/mol. The fraction of sp³-hybridized carbons (Fsp3) is 0.238. The van der Waals surface area contributed by atoms with Crippen LogP contribution >= 0.6 is 11.3 Å². The number of hydrogen-bond acceptors (Lipinski definition) is 3. The summed E-state index contributed by atoms with van der Waals surface area (Å²) in [6.07, 6.45) is 10.2. The van der Waals surface area contributed by atoms with Crippen molar-refractivity contribution < 1.29 is 4.79 Å². The van der Waals surface area contributed by atoms with E-state index in [2.05, 4.69) is 26.3 Å². The summed E-state index contributed by atoms with van der Waals surface area (Å²) in [5, 5.41) is 5.17. The molecule has 0 spiro atoms. The second kappa shape index (κ2) is 6.70. The van der Waals surface area contributed by atoms with Crippen LogP contribution in [0.5, 0.6) is 0 Å². The van der Waals surface area contributed by atoms with Gasteiger partial charge in [-0.1, -0.05) is 12.8 Å². The van der Waals surface area contributed by atoms with Gasteiger partial charge in [-0.05, 0) is 54.6 Å². The van der Waals surface area contributed by atoms with Gasteiger partial charge in [-0.3, -0.25) is 4.79 Å². The molecule has 0 radical (unpaired) electrons. The molecule has 0 bridgehead atoms. The highest BCUT2D eigenvalue weighted by Crippen LogP contribution is 2.36. The van der Waals surface area contributed by atoms with Crippen molar-refractivity contribution in [1.82, 2.24) is 14.1 Å². The van der Waals surface area contributed by atoms with Crippen molar-refractivity contribution in [2.75, 3.05) is 5.32 Å². The molecule has 1 fully saturated rings. The number of nitrogens with zero attached hydrogens (tertiary/aromatic N) is 3. The molecule has 3 aromatic heterocycles. The smallest absolute Gasteiger partial charge is 0.272 e. The number of carbonyl (C=O) groups is 1. The van der Waals surface area contributed by atoms with Gasteiger partial charge in [-0.25, -0.2) is 4.98 Å². The molecule has 27 heavy (non-hydrogen) atoms. The number of imidazole rings is 1. The zero-order valence-electron chi connectivity index (χ0n) is 14.8. The van der Waals surface area contributed by atoms with Crippen LogP contribution in [0.25, 0.3) is 15.9 Å². The second-order valence-electron chi connectivity index (χ2n) is 6.98. The van der Waals surface area contributed by atoms with Crippen molar-refractivity contribution in [3.8, 4) is 5.69 Å². The average molecular weight is 376 g/mol. The number of anilines is 1. The maximum absolute atomic E-state index is 13.0. The van der Waals surface area contributed by atoms with E-state index in [9.17, 15) is 4.79 Å². The molecular weight excluding hydrogens is 356 g/mol. The van der Waals surface area contributed by atoms with Crippen LogP contribution in [-0.2, 0) is 0 Å². The molecule has 5 rings (SSSR count). The van der Waals surface area contributed by atoms with E-state index in [1.54, 1.807) is 23.9 Å². The number of carbonyl (C=O) groups excluding carboxylic acids is 1. The highest BCUT2D eigenvalue weighted by atomic mass is 32.1. The van der Waals surface area contributed by atoms with Crippen molar-refractivity contribution >= 4 is 33.1 Å². The van der Waals surface area contributed by atoms with Gasteiger partial charge in [0, 0.05) is 29.8 Å². The van der Waals surface area contributed by atoms with Crippen LogP contribution in [0.3, 0.4) is 0 Å². The first-order chi connectivity index (χ1) is 13.3. The fourth-order valence-corrected chi connectivity index (χ4v) is 4.81. The first-order valence-corrected chi connectivity index (χ1v) is 10.2. The minimum atomic E-state index is -0.0410. The summed E-state index contributed by atoms with van der Waals surface area (Å²) in [7, 11) is 0. The number of aromatic nitrogens is 3. The number of fused-ring (bicyclic) bond motifs is 1. The summed E-state index contributed by atoms with van der Waals surface area (Å²) in [5.74, 6) is -0.0410. The van der Waals surface area contributed by atoms with Crippen molar-refractivity contribution in [2.45, 2.75) is 31.7 Å². The van der Waals surface area contributed by atoms with Gasteiger partial charge in [0.1, 0.15) is 5.69 Å². The van der Waals surface area contributed by atoms with E-state index in [1.807, 2.05) is 41.1 Å². The number of amides is 1. The molecule has 1 aliphatic carbocycles. The summed E-state index contributed by atoms with van der Waals surface area (Å²) in [6, 6.07) is 12.4. The summed E-state index contributed by atoms with van der Waals surface area (Å²) < 4.78 is 5.38. The van der Waals surface area contributed by atoms with Gasteiger partial charge in [0.05, 0.1) is 16.5 Å². The number of nitrogens with one attached hydrogen (secondary N) is 1. The van der Waals surface area contributed by atoms with Gasteiger partial charge >= 0.3 is 0 Å². The fourth-order valence-electron chi connectivity index (χ4n) is 4.00. The normalized spacial score (nSPS) is 14.8. The standard InChI is InChI=1S/C21H20N4OS/c26-21(23-15-5-7-16(8-6-15)24-11-10-22-14-24)19-13-20-18(9-12-27-20)25(19)17-3-1-2-4-17/h5-14,17H,1-4H2,(H,23,26). The molecule has 0 aliphatic heterocycles. The third-order valence-corrected chi connectivity index (χ3v) is 6.16. The first kappa shape index (κ1) is 16.3. The van der Waals surface area contributed by atoms with Gasteiger partial charge in [-0.2, -0.15) is 0 Å². The molecule has 6 heteroatoms. The summed E-state index contributed by atoms with van der Waals surface area (Å²) in [4.78, 5) is 17.1. The van der Waals surface area contributed by atoms with Crippen LogP contribution in [0.15, 0.2) is 60.5 Å². The minimum Gasteiger partial charge on any atom is -0.333 e. The molecule has 136 valence electrons. The molecule has 0 atom stereocenters. The highest BCUT2D eigenvalue weighted by Gasteiger charge is 2.25. The average Bonchev–Trinajstić information content (AvgIpc) is 3.45. The number of hydrogen-bond donors (Lipinski definition) is 1. The first-order valence-electron chi connectivity index (χ1n) is 9.28. The van der Waals surface area contributed by atoms with Crippen LogP contribution < -0.4 is 5.32 Å². The lowest BCUT2D eigenvalue weighted by atomic mass is 10.2. The highest BCUT2D eigenvalue weighted by molar-refractivity contribution is 7.17. The van der Waals surface area contributed by atoms with Gasteiger partial charge in [-0.15, -0.1) is 11.3 Å². The number of benzene rings is 1. The van der Waals surface area contributed by atoms with Gasteiger partial charge in [0.25, 0.3) is 5.91 Å². The molecule has 1 saturated carbocycles. The third-order valence-electron chi connectivity index (χ3n) is 5.31. The van der Waals surface area contributed by atoms with E-state index < -0.39 is 0 Å². The van der Waals surface area contributed by atoms with Crippen LogP contribution in [0, 0.1) is 0 Å². The van der Waals surface area contributed by atoms with E-state index in [-0.39, 0.29) is 5.91 Å². The Morgan fingerprint density at radius 3 is 2.70 bits per heavy atom. The van der Waals surface area contributed by atoms with Crippen molar-refractivity contribution in [1.29, 1.82) is 0 Å². The lowest BCUT2D eigenvalue weighted by Crippen LogP contribution is -2.19. The van der Waals surface area contributed by atoms with E-state index in [0.717, 1.165) is 29.9 Å². The summed E-state index contributed by atoms with van der Waals surface area (Å²) >= 11 is 1.70. The molecule has 1 aliphatic rings. The number of rotatable bonds is 4. The van der Waals surface area contributed by atoms with Crippen molar-refractivity contribution in [3.05, 3.63) is 66.2 Å². The quantitative estimate of drug-likeness (QED) is 0.528. The molecule has 5 nitrogen and oxygen atoms in total. The van der Waals surface area contributed by atoms with Crippen LogP contribution in [0.2, 0.25) is 0 Å². The zero-order chi connectivity index (χ0) is 18.2. The molecule has 1 N–H and O–H groups in total. The molecule has 0 unspecified atom stereocenters. The maximum atomic E-state index is 13.0. The van der Waals surface area contributed by atoms with Gasteiger partial charge < -0.3 is 14.5 Å². The summed E-state index contributed by atoms with van der Waals surface area (Å²) in [6.45, 7) is 0. The van der Waals surface area contributed by atoms with E-state index in [0.29, 0.717) is 6.04 Å². The largest absolute Gasteiger partial charge is 0.333 e. The Hall–Kier alpha value is -2.86. The predicted octanol–water partition coefficient (Wildman–Crippen LogP) is 5.26. The molecule has 1 amide bonds. The van der Waals surface area contributed by atoms with E-state index in [4.69, 9.17) is 0 Å². The Morgan fingerprint density at radius 2 is 1.96 bits per heavy atom.